The Balaban J connectivity index is 2.10. The van der Waals surface area contributed by atoms with Crippen molar-refractivity contribution in [3.63, 3.8) is 0 Å². The SMILES string of the molecule is Cc1cc(C2CC2)c2ccccc2c1-n1c(N)nnc1S. The van der Waals surface area contributed by atoms with Crippen LogP contribution in [0.2, 0.25) is 0 Å². The van der Waals surface area contributed by atoms with Gasteiger partial charge in [-0.2, -0.15) is 0 Å². The van der Waals surface area contributed by atoms with Gasteiger partial charge >= 0.3 is 0 Å². The Labute approximate surface area is 128 Å². The maximum atomic E-state index is 5.98. The molecule has 5 heteroatoms. The Kier molecular flexibility index (Phi) is 2.72. The van der Waals surface area contributed by atoms with Crippen LogP contribution in [-0.2, 0) is 0 Å². The lowest BCUT2D eigenvalue weighted by atomic mass is 9.96. The molecule has 106 valence electrons. The van der Waals surface area contributed by atoms with Gasteiger partial charge in [0.2, 0.25) is 5.95 Å². The maximum absolute atomic E-state index is 5.98. The molecule has 0 atom stereocenters. The summed E-state index contributed by atoms with van der Waals surface area (Å²) in [6, 6.07) is 10.7. The molecule has 1 fully saturated rings. The standard InChI is InChI=1S/C16H16N4S/c1-9-8-13(10-6-7-10)11-4-2-3-5-12(11)14(9)20-15(17)18-19-16(20)21/h2-5,8,10H,6-7H2,1H3,(H2,17,18)(H,19,21). The van der Waals surface area contributed by atoms with E-state index in [9.17, 15) is 0 Å². The summed E-state index contributed by atoms with van der Waals surface area (Å²) in [5.74, 6) is 1.07. The molecular weight excluding hydrogens is 280 g/mol. The van der Waals surface area contributed by atoms with Gasteiger partial charge < -0.3 is 5.73 Å². The van der Waals surface area contributed by atoms with Gasteiger partial charge in [0.15, 0.2) is 5.16 Å². The van der Waals surface area contributed by atoms with E-state index in [0.29, 0.717) is 17.0 Å². The molecule has 0 spiro atoms. The fourth-order valence-electron chi connectivity index (χ4n) is 3.06. The predicted molar refractivity (Wildman–Crippen MR) is 87.2 cm³/mol. The van der Waals surface area contributed by atoms with Gasteiger partial charge in [0.05, 0.1) is 5.69 Å². The Hall–Kier alpha value is -2.01. The van der Waals surface area contributed by atoms with Crippen LogP contribution >= 0.6 is 12.6 Å². The number of benzene rings is 2. The van der Waals surface area contributed by atoms with Crippen LogP contribution in [0.3, 0.4) is 0 Å². The van der Waals surface area contributed by atoms with E-state index in [2.05, 4.69) is 60.1 Å². The highest BCUT2D eigenvalue weighted by Gasteiger charge is 2.27. The fraction of sp³-hybridized carbons (Fsp3) is 0.250. The lowest BCUT2D eigenvalue weighted by molar-refractivity contribution is 0.892. The van der Waals surface area contributed by atoms with Crippen molar-refractivity contribution in [1.82, 2.24) is 14.8 Å². The molecule has 1 aromatic heterocycles. The van der Waals surface area contributed by atoms with Crippen LogP contribution in [0.25, 0.3) is 16.5 Å². The third kappa shape index (κ3) is 1.92. The molecule has 2 aromatic carbocycles. The van der Waals surface area contributed by atoms with Crippen molar-refractivity contribution >= 4 is 29.3 Å². The number of hydrogen-bond donors (Lipinski definition) is 2. The molecule has 3 aromatic rings. The average Bonchev–Trinajstić information content (AvgIpc) is 3.27. The third-order valence-electron chi connectivity index (χ3n) is 4.15. The van der Waals surface area contributed by atoms with Gasteiger partial charge in [-0.1, -0.05) is 30.3 Å². The van der Waals surface area contributed by atoms with Crippen LogP contribution in [0.15, 0.2) is 35.5 Å². The Bertz CT molecular complexity index is 829. The van der Waals surface area contributed by atoms with E-state index < -0.39 is 0 Å². The van der Waals surface area contributed by atoms with Crippen molar-refractivity contribution in [3.8, 4) is 5.69 Å². The quantitative estimate of drug-likeness (QED) is 0.712. The highest BCUT2D eigenvalue weighted by atomic mass is 32.1. The molecule has 0 unspecified atom stereocenters. The minimum Gasteiger partial charge on any atom is -0.368 e. The molecule has 4 rings (SSSR count). The van der Waals surface area contributed by atoms with Gasteiger partial charge in [-0.25, -0.2) is 0 Å². The van der Waals surface area contributed by atoms with E-state index in [1.807, 2.05) is 4.57 Å². The van der Waals surface area contributed by atoms with E-state index in [4.69, 9.17) is 5.73 Å². The fourth-order valence-corrected chi connectivity index (χ4v) is 3.31. The summed E-state index contributed by atoms with van der Waals surface area (Å²) < 4.78 is 1.82. The van der Waals surface area contributed by atoms with E-state index in [-0.39, 0.29) is 0 Å². The molecule has 0 saturated heterocycles. The number of fused-ring (bicyclic) bond motifs is 1. The van der Waals surface area contributed by atoms with Gasteiger partial charge in [-0.05, 0) is 42.2 Å². The van der Waals surface area contributed by atoms with Crippen molar-refractivity contribution in [1.29, 1.82) is 0 Å². The second-order valence-electron chi connectivity index (χ2n) is 5.64. The molecule has 0 radical (unpaired) electrons. The normalized spacial score (nSPS) is 14.8. The van der Waals surface area contributed by atoms with Crippen LogP contribution in [-0.4, -0.2) is 14.8 Å². The number of nitrogens with two attached hydrogens (primary N) is 1. The first-order valence-electron chi connectivity index (χ1n) is 7.09. The zero-order valence-corrected chi connectivity index (χ0v) is 12.6. The second-order valence-corrected chi connectivity index (χ2v) is 6.04. The summed E-state index contributed by atoms with van der Waals surface area (Å²) in [7, 11) is 0. The summed E-state index contributed by atoms with van der Waals surface area (Å²) in [6.45, 7) is 2.11. The van der Waals surface area contributed by atoms with Gasteiger partial charge in [0.25, 0.3) is 0 Å². The zero-order valence-electron chi connectivity index (χ0n) is 11.7. The highest BCUT2D eigenvalue weighted by Crippen LogP contribution is 2.45. The minimum atomic E-state index is 0.368. The second kappa shape index (κ2) is 4.49. The topological polar surface area (TPSA) is 56.7 Å². The Morgan fingerprint density at radius 1 is 1.19 bits per heavy atom. The summed E-state index contributed by atoms with van der Waals surface area (Å²) in [4.78, 5) is 0. The smallest absolute Gasteiger partial charge is 0.227 e. The number of nitrogens with zero attached hydrogens (tertiary/aromatic N) is 3. The molecule has 1 aliphatic rings. The lowest BCUT2D eigenvalue weighted by Gasteiger charge is -2.16. The molecule has 0 aliphatic heterocycles. The lowest BCUT2D eigenvalue weighted by Crippen LogP contribution is -2.05. The number of aryl methyl sites for hydroxylation is 1. The number of rotatable bonds is 2. The summed E-state index contributed by atoms with van der Waals surface area (Å²) in [6.07, 6.45) is 2.57. The zero-order chi connectivity index (χ0) is 14.6. The van der Waals surface area contributed by atoms with Crippen LogP contribution in [0.5, 0.6) is 0 Å². The highest BCUT2D eigenvalue weighted by molar-refractivity contribution is 7.80. The average molecular weight is 296 g/mol. The van der Waals surface area contributed by atoms with E-state index in [1.54, 1.807) is 0 Å². The molecule has 2 N–H and O–H groups in total. The molecule has 1 heterocycles. The van der Waals surface area contributed by atoms with Gasteiger partial charge in [-0.3, -0.25) is 4.57 Å². The van der Waals surface area contributed by atoms with Crippen LogP contribution in [0.4, 0.5) is 5.95 Å². The minimum absolute atomic E-state index is 0.368. The van der Waals surface area contributed by atoms with Gasteiger partial charge in [0.1, 0.15) is 0 Å². The molecule has 0 amide bonds. The largest absolute Gasteiger partial charge is 0.368 e. The number of thiol groups is 1. The van der Waals surface area contributed by atoms with E-state index in [1.165, 1.54) is 34.7 Å². The Morgan fingerprint density at radius 2 is 1.90 bits per heavy atom. The predicted octanol–water partition coefficient (Wildman–Crippen LogP) is 3.48. The van der Waals surface area contributed by atoms with Crippen LogP contribution in [0, 0.1) is 6.92 Å². The number of anilines is 1. The molecule has 1 saturated carbocycles. The van der Waals surface area contributed by atoms with Crippen molar-refractivity contribution in [2.75, 3.05) is 5.73 Å². The Morgan fingerprint density at radius 3 is 2.52 bits per heavy atom. The van der Waals surface area contributed by atoms with Crippen LogP contribution in [0.1, 0.15) is 29.9 Å². The number of hydrogen-bond acceptors (Lipinski definition) is 4. The summed E-state index contributed by atoms with van der Waals surface area (Å²) >= 11 is 4.39. The van der Waals surface area contributed by atoms with Crippen molar-refractivity contribution in [2.24, 2.45) is 0 Å². The maximum Gasteiger partial charge on any atom is 0.227 e. The van der Waals surface area contributed by atoms with Gasteiger partial charge in [0, 0.05) is 5.39 Å². The summed E-state index contributed by atoms with van der Waals surface area (Å²) in [5.41, 5.74) is 9.64. The van der Waals surface area contributed by atoms with E-state index >= 15 is 0 Å². The molecule has 1 aliphatic carbocycles. The van der Waals surface area contributed by atoms with Crippen molar-refractivity contribution in [3.05, 3.63) is 41.5 Å². The number of nitrogen functional groups attached to an aromatic ring is 1. The van der Waals surface area contributed by atoms with Gasteiger partial charge in [-0.15, -0.1) is 22.8 Å². The van der Waals surface area contributed by atoms with Crippen LogP contribution < -0.4 is 5.73 Å². The molecular formula is C16H16N4S. The molecule has 0 bridgehead atoms. The monoisotopic (exact) mass is 296 g/mol. The van der Waals surface area contributed by atoms with E-state index in [0.717, 1.165) is 5.69 Å². The first-order valence-corrected chi connectivity index (χ1v) is 7.54. The summed E-state index contributed by atoms with van der Waals surface area (Å²) in [5, 5.41) is 10.9. The first-order chi connectivity index (χ1) is 10.2. The van der Waals surface area contributed by atoms with Crippen molar-refractivity contribution in [2.45, 2.75) is 30.8 Å². The third-order valence-corrected chi connectivity index (χ3v) is 4.44. The first kappa shape index (κ1) is 12.7. The molecule has 4 nitrogen and oxygen atoms in total. The number of aromatic nitrogens is 3. The molecule has 21 heavy (non-hydrogen) atoms. The van der Waals surface area contributed by atoms with Crippen molar-refractivity contribution < 1.29 is 0 Å².